The first kappa shape index (κ1) is 30.3. The highest BCUT2D eigenvalue weighted by atomic mass is 28.3. The van der Waals surface area contributed by atoms with Gasteiger partial charge in [0.05, 0.1) is 24.2 Å². The van der Waals surface area contributed by atoms with Gasteiger partial charge in [-0.15, -0.1) is 0 Å². The summed E-state index contributed by atoms with van der Waals surface area (Å²) in [6.45, 7) is 12.0. The Hall–Kier alpha value is -4.74. The molecule has 0 aliphatic carbocycles. The van der Waals surface area contributed by atoms with E-state index in [1.54, 1.807) is 22.5 Å². The van der Waals surface area contributed by atoms with Gasteiger partial charge in [-0.1, -0.05) is 56.0 Å². The van der Waals surface area contributed by atoms with Crippen LogP contribution in [0.1, 0.15) is 24.4 Å². The van der Waals surface area contributed by atoms with Crippen molar-refractivity contribution in [1.82, 2.24) is 28.7 Å². The molecule has 10 nitrogen and oxygen atoms in total. The van der Waals surface area contributed by atoms with Crippen molar-refractivity contribution in [2.45, 2.75) is 52.3 Å². The molecule has 2 aromatic carbocycles. The van der Waals surface area contributed by atoms with Gasteiger partial charge in [-0.2, -0.15) is 5.10 Å². The summed E-state index contributed by atoms with van der Waals surface area (Å²) in [5.41, 5.74) is 4.59. The fourth-order valence-corrected chi connectivity index (χ4v) is 6.31. The van der Waals surface area contributed by atoms with E-state index in [-0.39, 0.29) is 5.56 Å². The highest BCUT2D eigenvalue weighted by Gasteiger charge is 2.24. The smallest absolute Gasteiger partial charge is 0.282 e. The number of methoxy groups -OCH3 is 1. The molecule has 4 aromatic heterocycles. The van der Waals surface area contributed by atoms with Gasteiger partial charge >= 0.3 is 0 Å². The zero-order valence-electron chi connectivity index (χ0n) is 26.6. The Labute approximate surface area is 263 Å². The van der Waals surface area contributed by atoms with Crippen LogP contribution in [0.4, 0.5) is 5.82 Å². The number of rotatable bonds is 11. The Morgan fingerprint density at radius 2 is 1.73 bits per heavy atom. The van der Waals surface area contributed by atoms with E-state index in [0.29, 0.717) is 30.5 Å². The van der Waals surface area contributed by atoms with E-state index in [2.05, 4.69) is 25.0 Å². The second-order valence-electron chi connectivity index (χ2n) is 12.5. The number of hydrogen-bond donors (Lipinski definition) is 1. The maximum absolute atomic E-state index is 13.9. The number of benzene rings is 2. The van der Waals surface area contributed by atoms with Gasteiger partial charge in [0, 0.05) is 38.2 Å². The number of ether oxygens (including phenoxy) is 2. The lowest BCUT2D eigenvalue weighted by Gasteiger charge is -2.20. The standard InChI is InChI=1S/C34H39N7O3Si/c1-23-16-17-40-30(23)34(42)41(25-12-8-7-9-13-25)32(38-40)24(2)37-31-29-27(26-14-10-11-15-28(26)43-3)20-39(33(29)36-21-35-31)22-44-18-19-45(4,5)6/h7-17,20-21,24H,18-19,22H2,1-6H3,(H,35,36,37). The van der Waals surface area contributed by atoms with Crippen molar-refractivity contribution < 1.29 is 9.47 Å². The van der Waals surface area contributed by atoms with E-state index in [1.165, 1.54) is 0 Å². The van der Waals surface area contributed by atoms with E-state index in [9.17, 15) is 4.79 Å². The fourth-order valence-electron chi connectivity index (χ4n) is 5.55. The molecule has 0 amide bonds. The van der Waals surface area contributed by atoms with Crippen molar-refractivity contribution in [1.29, 1.82) is 0 Å². The van der Waals surface area contributed by atoms with Crippen LogP contribution in [0.2, 0.25) is 25.7 Å². The molecule has 1 unspecified atom stereocenters. The fraction of sp³-hybridized carbons (Fsp3) is 0.294. The van der Waals surface area contributed by atoms with Crippen molar-refractivity contribution in [3.05, 3.63) is 101 Å². The second kappa shape index (κ2) is 12.3. The van der Waals surface area contributed by atoms with Crippen molar-refractivity contribution in [3.8, 4) is 22.6 Å². The highest BCUT2D eigenvalue weighted by molar-refractivity contribution is 6.76. The predicted molar refractivity (Wildman–Crippen MR) is 181 cm³/mol. The Kier molecular flexibility index (Phi) is 8.30. The monoisotopic (exact) mass is 621 g/mol. The minimum absolute atomic E-state index is 0.133. The van der Waals surface area contributed by atoms with Crippen LogP contribution < -0.4 is 15.6 Å². The molecule has 11 heteroatoms. The van der Waals surface area contributed by atoms with Crippen LogP contribution >= 0.6 is 0 Å². The van der Waals surface area contributed by atoms with E-state index < -0.39 is 14.1 Å². The van der Waals surface area contributed by atoms with Crippen molar-refractivity contribution in [2.75, 3.05) is 19.0 Å². The van der Waals surface area contributed by atoms with E-state index in [4.69, 9.17) is 24.5 Å². The van der Waals surface area contributed by atoms with Gasteiger partial charge in [0.25, 0.3) is 5.56 Å². The van der Waals surface area contributed by atoms with Crippen LogP contribution in [0, 0.1) is 6.92 Å². The summed E-state index contributed by atoms with van der Waals surface area (Å²) in [6.07, 6.45) is 5.43. The average Bonchev–Trinajstić information content (AvgIpc) is 3.60. The van der Waals surface area contributed by atoms with E-state index >= 15 is 0 Å². The summed E-state index contributed by atoms with van der Waals surface area (Å²) >= 11 is 0. The Balaban J connectivity index is 1.46. The van der Waals surface area contributed by atoms with Gasteiger partial charge < -0.3 is 19.4 Å². The number of aryl methyl sites for hydroxylation is 1. The topological polar surface area (TPSA) is 100 Å². The van der Waals surface area contributed by atoms with Crippen molar-refractivity contribution >= 4 is 30.4 Å². The Morgan fingerprint density at radius 1 is 0.978 bits per heavy atom. The average molecular weight is 622 g/mol. The first-order valence-corrected chi connectivity index (χ1v) is 18.8. The van der Waals surface area contributed by atoms with Crippen LogP contribution in [-0.2, 0) is 11.5 Å². The molecule has 6 aromatic rings. The molecule has 1 atom stereocenters. The first-order valence-electron chi connectivity index (χ1n) is 15.1. The van der Waals surface area contributed by atoms with Crippen LogP contribution in [-0.4, -0.2) is 50.5 Å². The molecule has 1 N–H and O–H groups in total. The van der Waals surface area contributed by atoms with Crippen molar-refractivity contribution in [2.24, 2.45) is 0 Å². The lowest BCUT2D eigenvalue weighted by atomic mass is 10.0. The molecule has 0 aliphatic heterocycles. The summed E-state index contributed by atoms with van der Waals surface area (Å²) in [4.78, 5) is 23.3. The van der Waals surface area contributed by atoms with Gasteiger partial charge in [0.2, 0.25) is 0 Å². The van der Waals surface area contributed by atoms with Gasteiger partial charge in [-0.25, -0.2) is 14.5 Å². The van der Waals surface area contributed by atoms with E-state index in [1.807, 2.05) is 91.5 Å². The van der Waals surface area contributed by atoms with Crippen LogP contribution in [0.15, 0.2) is 84.2 Å². The Morgan fingerprint density at radius 3 is 2.49 bits per heavy atom. The number of fused-ring (bicyclic) bond motifs is 2. The van der Waals surface area contributed by atoms with Gasteiger partial charge in [0.1, 0.15) is 35.8 Å². The maximum atomic E-state index is 13.9. The largest absolute Gasteiger partial charge is 0.496 e. The molecular formula is C34H39N7O3Si. The third kappa shape index (κ3) is 6.01. The molecule has 232 valence electrons. The predicted octanol–water partition coefficient (Wildman–Crippen LogP) is 6.70. The van der Waals surface area contributed by atoms with E-state index in [0.717, 1.165) is 45.2 Å². The first-order chi connectivity index (χ1) is 21.7. The number of aromatic nitrogens is 6. The minimum atomic E-state index is -1.24. The summed E-state index contributed by atoms with van der Waals surface area (Å²) in [6, 6.07) is 20.1. The maximum Gasteiger partial charge on any atom is 0.282 e. The molecule has 0 bridgehead atoms. The number of nitrogens with one attached hydrogen (secondary N) is 1. The molecule has 0 saturated heterocycles. The van der Waals surface area contributed by atoms with Gasteiger partial charge in [0.15, 0.2) is 5.82 Å². The highest BCUT2D eigenvalue weighted by Crippen LogP contribution is 2.39. The third-order valence-corrected chi connectivity index (χ3v) is 9.65. The van der Waals surface area contributed by atoms with Crippen LogP contribution in [0.3, 0.4) is 0 Å². The van der Waals surface area contributed by atoms with Gasteiger partial charge in [-0.05, 0) is 49.7 Å². The molecule has 0 radical (unpaired) electrons. The summed E-state index contributed by atoms with van der Waals surface area (Å²) in [5, 5.41) is 9.33. The molecule has 4 heterocycles. The molecule has 0 spiro atoms. The molecule has 45 heavy (non-hydrogen) atoms. The normalized spacial score (nSPS) is 12.6. The zero-order valence-corrected chi connectivity index (χ0v) is 27.6. The summed E-state index contributed by atoms with van der Waals surface area (Å²) < 4.78 is 17.3. The number of para-hydroxylation sites is 2. The second-order valence-corrected chi connectivity index (χ2v) is 18.1. The number of anilines is 1. The van der Waals surface area contributed by atoms with Gasteiger partial charge in [-0.3, -0.25) is 9.36 Å². The lowest BCUT2D eigenvalue weighted by Crippen LogP contribution is -2.29. The summed E-state index contributed by atoms with van der Waals surface area (Å²) in [7, 11) is 0.433. The molecule has 0 saturated carbocycles. The number of nitrogens with zero attached hydrogens (tertiary/aromatic N) is 6. The van der Waals surface area contributed by atoms with Crippen LogP contribution in [0.25, 0.3) is 33.4 Å². The quantitative estimate of drug-likeness (QED) is 0.127. The zero-order chi connectivity index (χ0) is 31.7. The van der Waals surface area contributed by atoms with Crippen molar-refractivity contribution in [3.63, 3.8) is 0 Å². The Bertz CT molecular complexity index is 2030. The molecular weight excluding hydrogens is 583 g/mol. The van der Waals surface area contributed by atoms with Crippen LogP contribution in [0.5, 0.6) is 5.75 Å². The minimum Gasteiger partial charge on any atom is -0.496 e. The molecule has 6 rings (SSSR count). The summed E-state index contributed by atoms with van der Waals surface area (Å²) in [5.74, 6) is 1.91. The number of hydrogen-bond acceptors (Lipinski definition) is 7. The molecule has 0 fully saturated rings. The third-order valence-electron chi connectivity index (χ3n) is 7.95. The molecule has 0 aliphatic rings. The SMILES string of the molecule is COc1ccccc1-c1cn(COCC[Si](C)(C)C)c2ncnc(NC(C)c3nn4ccc(C)c4c(=O)n3-c3ccccc3)c12. The lowest BCUT2D eigenvalue weighted by molar-refractivity contribution is 0.0899.